The van der Waals surface area contributed by atoms with Gasteiger partial charge in [-0.15, -0.1) is 0 Å². The molecule has 0 aliphatic carbocycles. The SMILES string of the molecule is CC(C)(C)OC(=O)OC(=O)OC(C)(C)C.CCC.CCN(CC)c1cc(C)c(N)cc1C.CCN(CC)c1cc(C)c(NC(=S)NC(=O)c2ccccc2)cc1C.CCN(CC)c1cc(C)c(NC(N)=S)cc1C.CCN(CC)c1cc(C)c(NC)cc1C.CNc1cc(C)c(N)cc1C.Cc1cc(N)c(C)cc1N.O=C(N=C=S)c1ccccc1. The van der Waals surface area contributed by atoms with Crippen molar-refractivity contribution < 1.29 is 33.4 Å². The lowest BCUT2D eigenvalue weighted by Gasteiger charge is -2.25. The fourth-order valence-electron chi connectivity index (χ4n) is 11.7. The van der Waals surface area contributed by atoms with Crippen LogP contribution in [-0.4, -0.2) is 117 Å². The van der Waals surface area contributed by atoms with E-state index in [0.29, 0.717) is 21.4 Å². The molecule has 0 aliphatic heterocycles. The average Bonchev–Trinajstić information content (AvgIpc) is 0.841. The fraction of sp³-hybridized carbons (Fsp3) is 0.427. The van der Waals surface area contributed by atoms with Crippen molar-refractivity contribution in [2.75, 3.05) is 130 Å². The Morgan fingerprint density at radius 3 is 0.959 bits per heavy atom. The Labute approximate surface area is 742 Å². The molecule has 0 fully saturated rings. The second kappa shape index (κ2) is 56.5. The van der Waals surface area contributed by atoms with Crippen molar-refractivity contribution in [1.29, 1.82) is 0 Å². The van der Waals surface area contributed by atoms with Crippen LogP contribution in [0.3, 0.4) is 0 Å². The van der Waals surface area contributed by atoms with Crippen LogP contribution in [-0.2, 0) is 14.2 Å². The highest BCUT2D eigenvalue weighted by Crippen LogP contribution is 2.32. The van der Waals surface area contributed by atoms with Gasteiger partial charge >= 0.3 is 12.3 Å². The van der Waals surface area contributed by atoms with Gasteiger partial charge in [0.15, 0.2) is 10.2 Å². The zero-order valence-electron chi connectivity index (χ0n) is 78.3. The normalized spacial score (nSPS) is 10.1. The molecule has 8 aromatic rings. The highest BCUT2D eigenvalue weighted by atomic mass is 32.1. The zero-order chi connectivity index (χ0) is 92.8. The number of rotatable bonds is 18. The minimum absolute atomic E-state index is 0.216. The summed E-state index contributed by atoms with van der Waals surface area (Å²) < 4.78 is 13.8. The highest BCUT2D eigenvalue weighted by Gasteiger charge is 2.25. The monoisotopic (exact) mass is 1720 g/mol. The van der Waals surface area contributed by atoms with E-state index in [1.165, 1.54) is 68.2 Å². The Morgan fingerprint density at radius 1 is 0.388 bits per heavy atom. The topological polar surface area (TPSA) is 312 Å². The lowest BCUT2D eigenvalue weighted by molar-refractivity contribution is -0.0294. The van der Waals surface area contributed by atoms with E-state index in [9.17, 15) is 19.2 Å². The molecular formula is C96H145N15O7S3. The van der Waals surface area contributed by atoms with Crippen molar-refractivity contribution >= 4 is 144 Å². The molecule has 0 atom stereocenters. The minimum Gasteiger partial charge on any atom is -0.428 e. The van der Waals surface area contributed by atoms with Gasteiger partial charge in [-0.2, -0.15) is 4.99 Å². The maximum atomic E-state index is 12.2. The van der Waals surface area contributed by atoms with E-state index >= 15 is 0 Å². The van der Waals surface area contributed by atoms with Gasteiger partial charge in [0, 0.05) is 146 Å². The third-order valence-electron chi connectivity index (χ3n) is 18.3. The molecule has 15 N–H and O–H groups in total. The highest BCUT2D eigenvalue weighted by molar-refractivity contribution is 7.80. The molecule has 8 aromatic carbocycles. The lowest BCUT2D eigenvalue weighted by Crippen LogP contribution is -2.34. The molecule has 664 valence electrons. The number of carbonyl (C=O) groups excluding carboxylic acids is 4. The van der Waals surface area contributed by atoms with E-state index in [4.69, 9.17) is 62.6 Å². The maximum absolute atomic E-state index is 12.2. The molecule has 0 bridgehead atoms. The first-order valence-corrected chi connectivity index (χ1v) is 42.5. The first-order chi connectivity index (χ1) is 56.7. The number of aliphatic imine (C=N–C) groups is 1. The number of amides is 2. The summed E-state index contributed by atoms with van der Waals surface area (Å²) in [6, 6.07) is 42.8. The number of nitrogens with two attached hydrogens (primary N) is 5. The number of thiocarbonyl (C=S) groups is 3. The van der Waals surface area contributed by atoms with Crippen molar-refractivity contribution in [3.05, 3.63) is 211 Å². The standard InChI is InChI=1S/C20H25N3OS.C13H21N3S.C13H22N2.C12H20N2.C10H18O5.C9H14N2.C8H12N2.C8H5NOS.C3H8/c1-5-23(6-2)18-13-14(3)17(12-15(18)4)21-20(25)22-19(24)16-10-8-7-9-11-16;1-5-16(6-2)12-8-9(3)11(7-10(12)4)15-13(14)17;1-6-15(7-2)13-9-10(3)12(14-5)8-11(13)4;1-5-14(6-2)12-8-9(3)11(13)7-10(12)4;1-9(2,3)14-7(11)13-8(12)15-10(4,5)6;1-6-5-9(11-3)7(2)4-8(6)10;1-5-3-8(10)6(2)4-7(5)9;10-8(9-6-11)7-4-2-1-3-5-7;1-3-2/h7-13H,5-6H2,1-4H3,(H2,21,22,24,25);7-8H,5-6H2,1-4H3,(H3,14,15,17);8-9,14H,6-7H2,1-5H3;7-8H,5-6,13H2,1-4H3;1-6H3;4-5,11H,10H2,1-3H3;3-4H,9-10H2,1-2H3;1-5H;3H2,1-2H3. The van der Waals surface area contributed by atoms with Crippen LogP contribution in [0.4, 0.5) is 77.8 Å². The summed E-state index contributed by atoms with van der Waals surface area (Å²) in [7, 11) is 3.89. The first-order valence-electron chi connectivity index (χ1n) is 41.3. The maximum Gasteiger partial charge on any atom is 0.519 e. The van der Waals surface area contributed by atoms with Gasteiger partial charge in [0.25, 0.3) is 11.8 Å². The Hall–Kier alpha value is -11.0. The van der Waals surface area contributed by atoms with Crippen LogP contribution in [0.5, 0.6) is 0 Å². The molecule has 0 saturated heterocycles. The number of nitrogens with zero attached hydrogens (tertiary/aromatic N) is 5. The van der Waals surface area contributed by atoms with Crippen LogP contribution in [0.1, 0.15) is 205 Å². The lowest BCUT2D eigenvalue weighted by atomic mass is 10.1. The summed E-state index contributed by atoms with van der Waals surface area (Å²) in [6.45, 7) is 64.6. The number of isothiocyanates is 1. The van der Waals surface area contributed by atoms with Crippen molar-refractivity contribution in [1.82, 2.24) is 5.32 Å². The first kappa shape index (κ1) is 110. The predicted octanol–water partition coefficient (Wildman–Crippen LogP) is 22.6. The quantitative estimate of drug-likeness (QED) is 0.0125. The molecule has 0 heterocycles. The van der Waals surface area contributed by atoms with E-state index in [0.717, 1.165) is 126 Å². The fourth-order valence-corrected chi connectivity index (χ4v) is 12.1. The third kappa shape index (κ3) is 41.2. The summed E-state index contributed by atoms with van der Waals surface area (Å²) in [4.78, 5) is 57.9. The minimum atomic E-state index is -1.06. The van der Waals surface area contributed by atoms with Gasteiger partial charge < -0.3 is 83.7 Å². The van der Waals surface area contributed by atoms with Gasteiger partial charge in [0.2, 0.25) is 0 Å². The summed E-state index contributed by atoms with van der Waals surface area (Å²) in [5.41, 5.74) is 55.0. The number of nitrogen functional groups attached to an aromatic ring is 4. The summed E-state index contributed by atoms with van der Waals surface area (Å²) in [6.07, 6.45) is -0.867. The van der Waals surface area contributed by atoms with Crippen molar-refractivity contribution in [3.8, 4) is 0 Å². The Kier molecular flexibility index (Phi) is 51.4. The number of ether oxygens (including phenoxy) is 3. The number of hydrogen-bond acceptors (Lipinski definition) is 20. The number of anilines is 12. The number of benzene rings is 8. The smallest absolute Gasteiger partial charge is 0.428 e. The molecule has 0 saturated carbocycles. The second-order valence-corrected chi connectivity index (χ2v) is 31.5. The molecule has 8 rings (SSSR count). The van der Waals surface area contributed by atoms with E-state index in [1.807, 2.05) is 96.3 Å². The number of hydrogen-bond donors (Lipinski definition) is 10. The van der Waals surface area contributed by atoms with Gasteiger partial charge in [-0.1, -0.05) is 56.7 Å². The average molecular weight is 1720 g/mol. The molecule has 0 unspecified atom stereocenters. The summed E-state index contributed by atoms with van der Waals surface area (Å²) in [5.74, 6) is -0.562. The van der Waals surface area contributed by atoms with Crippen LogP contribution < -0.4 is 74.9 Å². The molecular weight excluding hydrogens is 1570 g/mol. The van der Waals surface area contributed by atoms with Crippen LogP contribution in [0, 0.1) is 83.1 Å². The summed E-state index contributed by atoms with van der Waals surface area (Å²) in [5, 5.41) is 17.8. The molecule has 0 aromatic heterocycles. The van der Waals surface area contributed by atoms with Crippen LogP contribution in [0.15, 0.2) is 138 Å². The van der Waals surface area contributed by atoms with E-state index in [2.05, 4.69) is 240 Å². The third-order valence-corrected chi connectivity index (χ3v) is 18.7. The molecule has 0 aliphatic rings. The van der Waals surface area contributed by atoms with Crippen molar-refractivity contribution in [3.63, 3.8) is 0 Å². The van der Waals surface area contributed by atoms with Gasteiger partial charge in [-0.3, -0.25) is 14.9 Å². The van der Waals surface area contributed by atoms with E-state index in [1.54, 1.807) is 77.9 Å². The Balaban J connectivity index is 0.00000137. The van der Waals surface area contributed by atoms with Crippen molar-refractivity contribution in [2.24, 2.45) is 10.7 Å². The second-order valence-electron chi connectivity index (χ2n) is 30.5. The van der Waals surface area contributed by atoms with Crippen LogP contribution in [0.2, 0.25) is 0 Å². The Bertz CT molecular complexity index is 4530. The van der Waals surface area contributed by atoms with Gasteiger partial charge in [0.05, 0.1) is 5.16 Å². The molecule has 25 heteroatoms. The molecule has 0 radical (unpaired) electrons. The van der Waals surface area contributed by atoms with Gasteiger partial charge in [0.1, 0.15) is 11.2 Å². The Morgan fingerprint density at radius 2 is 0.645 bits per heavy atom. The molecule has 2 amide bonds. The van der Waals surface area contributed by atoms with Gasteiger partial charge in [-0.25, -0.2) is 9.59 Å². The molecule has 0 spiro atoms. The van der Waals surface area contributed by atoms with Crippen molar-refractivity contribution in [2.45, 2.75) is 211 Å². The van der Waals surface area contributed by atoms with Crippen LogP contribution >= 0.6 is 36.7 Å². The largest absolute Gasteiger partial charge is 0.519 e. The van der Waals surface area contributed by atoms with Gasteiger partial charge in [-0.05, 0) is 380 Å². The summed E-state index contributed by atoms with van der Waals surface area (Å²) >= 11 is 14.4. The number of aryl methyl sites for hydroxylation is 12. The number of nitrogens with one attached hydrogen (secondary N) is 5. The molecule has 22 nitrogen and oxygen atoms in total. The number of carbonyl (C=O) groups is 4. The van der Waals surface area contributed by atoms with Crippen LogP contribution in [0.25, 0.3) is 0 Å². The zero-order valence-corrected chi connectivity index (χ0v) is 80.7. The predicted molar refractivity (Wildman–Crippen MR) is 532 cm³/mol. The van der Waals surface area contributed by atoms with E-state index < -0.39 is 23.5 Å². The van der Waals surface area contributed by atoms with E-state index in [-0.39, 0.29) is 11.8 Å². The molecule has 121 heavy (non-hydrogen) atoms.